The highest BCUT2D eigenvalue weighted by Crippen LogP contribution is 2.26. The molecule has 114 valence electrons. The zero-order valence-corrected chi connectivity index (χ0v) is 14.7. The highest BCUT2D eigenvalue weighted by Gasteiger charge is 2.22. The first-order chi connectivity index (χ1) is 10.1. The van der Waals surface area contributed by atoms with Crippen molar-refractivity contribution < 1.29 is 0 Å². The van der Waals surface area contributed by atoms with Crippen molar-refractivity contribution in [2.24, 2.45) is 0 Å². The molecular weight excluding hydrogens is 352 g/mol. The van der Waals surface area contributed by atoms with Crippen molar-refractivity contribution in [2.75, 3.05) is 13.1 Å². The van der Waals surface area contributed by atoms with Crippen LogP contribution in [0.1, 0.15) is 37.9 Å². The van der Waals surface area contributed by atoms with E-state index >= 15 is 0 Å². The molecule has 6 heteroatoms. The Morgan fingerprint density at radius 2 is 2.05 bits per heavy atom. The van der Waals surface area contributed by atoms with Crippen LogP contribution in [-0.2, 0) is 6.54 Å². The van der Waals surface area contributed by atoms with E-state index in [4.69, 9.17) is 11.6 Å². The summed E-state index contributed by atoms with van der Waals surface area (Å²) in [4.78, 5) is 11.7. The zero-order valence-electron chi connectivity index (χ0n) is 12.4. The Morgan fingerprint density at radius 1 is 1.33 bits per heavy atom. The topological polar surface area (TPSA) is 34.0 Å². The summed E-state index contributed by atoms with van der Waals surface area (Å²) in [6.07, 6.45) is 4.43. The van der Waals surface area contributed by atoms with E-state index in [0.717, 1.165) is 28.0 Å². The Hall–Kier alpha value is -0.650. The Kier molecular flexibility index (Phi) is 4.52. The summed E-state index contributed by atoms with van der Waals surface area (Å²) in [7, 11) is 0. The molecule has 1 aliphatic heterocycles. The van der Waals surface area contributed by atoms with Crippen LogP contribution in [0.2, 0.25) is 0 Å². The molecule has 0 aliphatic carbocycles. The Labute approximate surface area is 138 Å². The van der Waals surface area contributed by atoms with Crippen LogP contribution >= 0.6 is 27.5 Å². The lowest BCUT2D eigenvalue weighted by molar-refractivity contribution is 0.235. The summed E-state index contributed by atoms with van der Waals surface area (Å²) in [5.41, 5.74) is 1.83. The quantitative estimate of drug-likeness (QED) is 0.762. The largest absolute Gasteiger partial charge is 0.310 e. The van der Waals surface area contributed by atoms with Crippen molar-refractivity contribution in [1.82, 2.24) is 19.4 Å². The van der Waals surface area contributed by atoms with Gasteiger partial charge in [0.2, 0.25) is 0 Å². The van der Waals surface area contributed by atoms with Gasteiger partial charge in [0.1, 0.15) is 11.3 Å². The number of nitrogens with zero attached hydrogens (tertiary/aromatic N) is 4. The van der Waals surface area contributed by atoms with E-state index in [-0.39, 0.29) is 5.38 Å². The van der Waals surface area contributed by atoms with Crippen LogP contribution in [0.3, 0.4) is 0 Å². The molecule has 3 heterocycles. The Morgan fingerprint density at radius 3 is 2.71 bits per heavy atom. The molecule has 1 fully saturated rings. The lowest BCUT2D eigenvalue weighted by atomic mass is 10.3. The maximum absolute atomic E-state index is 6.33. The fourth-order valence-corrected chi connectivity index (χ4v) is 3.54. The second-order valence-corrected chi connectivity index (χ2v) is 7.36. The third kappa shape index (κ3) is 3.10. The number of hydrogen-bond donors (Lipinski definition) is 0. The van der Waals surface area contributed by atoms with Gasteiger partial charge in [0.25, 0.3) is 0 Å². The van der Waals surface area contributed by atoms with Crippen molar-refractivity contribution in [3.05, 3.63) is 22.6 Å². The van der Waals surface area contributed by atoms with Gasteiger partial charge in [-0.2, -0.15) is 0 Å². The van der Waals surface area contributed by atoms with Crippen molar-refractivity contribution in [3.63, 3.8) is 0 Å². The molecule has 0 amide bonds. The number of fused-ring (bicyclic) bond motifs is 1. The third-order valence-electron chi connectivity index (χ3n) is 4.15. The highest BCUT2D eigenvalue weighted by molar-refractivity contribution is 9.10. The van der Waals surface area contributed by atoms with Gasteiger partial charge in [0.05, 0.1) is 5.38 Å². The monoisotopic (exact) mass is 370 g/mol. The normalized spacial score (nSPS) is 19.2. The molecule has 0 spiro atoms. The minimum Gasteiger partial charge on any atom is -0.310 e. The predicted octanol–water partition coefficient (Wildman–Crippen LogP) is 3.98. The van der Waals surface area contributed by atoms with E-state index < -0.39 is 0 Å². The predicted molar refractivity (Wildman–Crippen MR) is 89.8 cm³/mol. The number of hydrogen-bond acceptors (Lipinski definition) is 3. The molecule has 0 bridgehead atoms. The van der Waals surface area contributed by atoms with Gasteiger partial charge in [-0.15, -0.1) is 11.6 Å². The second kappa shape index (κ2) is 6.23. The van der Waals surface area contributed by atoms with Crippen LogP contribution in [0.4, 0.5) is 0 Å². The van der Waals surface area contributed by atoms with Gasteiger partial charge in [-0.25, -0.2) is 9.97 Å². The summed E-state index contributed by atoms with van der Waals surface area (Å²) < 4.78 is 3.13. The van der Waals surface area contributed by atoms with Crippen molar-refractivity contribution in [2.45, 2.75) is 44.7 Å². The summed E-state index contributed by atoms with van der Waals surface area (Å²) in [5, 5.41) is -0.122. The van der Waals surface area contributed by atoms with Gasteiger partial charge in [0.15, 0.2) is 5.65 Å². The average molecular weight is 372 g/mol. The van der Waals surface area contributed by atoms with Crippen molar-refractivity contribution in [1.29, 1.82) is 0 Å². The van der Waals surface area contributed by atoms with Gasteiger partial charge < -0.3 is 4.57 Å². The molecule has 2 unspecified atom stereocenters. The van der Waals surface area contributed by atoms with Crippen LogP contribution in [0.25, 0.3) is 11.2 Å². The van der Waals surface area contributed by atoms with Gasteiger partial charge in [-0.05, 0) is 61.8 Å². The zero-order chi connectivity index (χ0) is 15.0. The van der Waals surface area contributed by atoms with E-state index in [0.29, 0.717) is 6.04 Å². The molecule has 0 N–H and O–H groups in total. The number of imidazole rings is 1. The number of rotatable bonds is 4. The minimum absolute atomic E-state index is 0.122. The van der Waals surface area contributed by atoms with Crippen LogP contribution in [0.15, 0.2) is 16.7 Å². The molecule has 3 rings (SSSR count). The standard InChI is InChI=1S/C15H20BrClN4/c1-10(20-5-3-4-6-20)9-21-14(11(2)17)19-13-7-12(16)8-18-15(13)21/h7-8,10-11H,3-6,9H2,1-2H3. The summed E-state index contributed by atoms with van der Waals surface area (Å²) in [6.45, 7) is 7.52. The molecule has 0 radical (unpaired) electrons. The Balaban J connectivity index is 1.96. The number of likely N-dealkylation sites (tertiary alicyclic amines) is 1. The summed E-state index contributed by atoms with van der Waals surface area (Å²) >= 11 is 9.78. The van der Waals surface area contributed by atoms with Gasteiger partial charge in [-0.1, -0.05) is 0 Å². The van der Waals surface area contributed by atoms with Crippen LogP contribution < -0.4 is 0 Å². The highest BCUT2D eigenvalue weighted by atomic mass is 79.9. The third-order valence-corrected chi connectivity index (χ3v) is 4.78. The number of alkyl halides is 1. The summed E-state index contributed by atoms with van der Waals surface area (Å²) in [6, 6.07) is 2.48. The fraction of sp³-hybridized carbons (Fsp3) is 0.600. The average Bonchev–Trinajstić information content (AvgIpc) is 3.06. The van der Waals surface area contributed by atoms with E-state index in [1.807, 2.05) is 19.2 Å². The lowest BCUT2D eigenvalue weighted by Gasteiger charge is -2.25. The van der Waals surface area contributed by atoms with Crippen molar-refractivity contribution >= 4 is 38.7 Å². The van der Waals surface area contributed by atoms with Crippen LogP contribution in [0.5, 0.6) is 0 Å². The molecule has 0 aromatic carbocycles. The summed E-state index contributed by atoms with van der Waals surface area (Å²) in [5.74, 6) is 0.906. The Bertz CT molecular complexity index is 634. The SMILES string of the molecule is CC(Cl)c1nc2cc(Br)cnc2n1CC(C)N1CCCC1. The first-order valence-corrected chi connectivity index (χ1v) is 8.69. The smallest absolute Gasteiger partial charge is 0.160 e. The molecular formula is C15H20BrClN4. The number of halogens is 2. The molecule has 0 saturated carbocycles. The molecule has 21 heavy (non-hydrogen) atoms. The molecule has 2 atom stereocenters. The van der Waals surface area contributed by atoms with Gasteiger partial charge in [0, 0.05) is 23.3 Å². The maximum Gasteiger partial charge on any atom is 0.160 e. The molecule has 1 aliphatic rings. The molecule has 2 aromatic heterocycles. The van der Waals surface area contributed by atoms with Crippen LogP contribution in [0, 0.1) is 0 Å². The fourth-order valence-electron chi connectivity index (χ4n) is 3.05. The molecule has 4 nitrogen and oxygen atoms in total. The first-order valence-electron chi connectivity index (χ1n) is 7.46. The second-order valence-electron chi connectivity index (χ2n) is 5.78. The lowest BCUT2D eigenvalue weighted by Crippen LogP contribution is -2.34. The van der Waals surface area contributed by atoms with E-state index in [1.54, 1.807) is 0 Å². The van der Waals surface area contributed by atoms with Crippen molar-refractivity contribution in [3.8, 4) is 0 Å². The van der Waals surface area contributed by atoms with E-state index in [2.05, 4.69) is 42.3 Å². The van der Waals surface area contributed by atoms with Gasteiger partial charge >= 0.3 is 0 Å². The van der Waals surface area contributed by atoms with E-state index in [9.17, 15) is 0 Å². The molecule has 2 aromatic rings. The number of pyridine rings is 1. The van der Waals surface area contributed by atoms with Crippen LogP contribution in [-0.4, -0.2) is 38.6 Å². The number of aromatic nitrogens is 3. The molecule has 1 saturated heterocycles. The minimum atomic E-state index is -0.122. The maximum atomic E-state index is 6.33. The van der Waals surface area contributed by atoms with E-state index in [1.165, 1.54) is 25.9 Å². The van der Waals surface area contributed by atoms with Gasteiger partial charge in [-0.3, -0.25) is 4.90 Å². The first kappa shape index (κ1) is 15.3.